The van der Waals surface area contributed by atoms with E-state index in [0.29, 0.717) is 0 Å². The molecule has 3 N–H and O–H groups in total. The van der Waals surface area contributed by atoms with E-state index in [1.165, 1.54) is 0 Å². The monoisotopic (exact) mass is 104 g/mol. The number of hydrogen-bond acceptors (Lipinski definition) is 2. The number of nitrogens with one attached hydrogen (secondary N) is 1. The largest absolute Gasteiger partial charge is 0.351 e. The summed E-state index contributed by atoms with van der Waals surface area (Å²) in [6.07, 6.45) is 0. The Morgan fingerprint density at radius 2 is 2.50 bits per heavy atom. The Balaban J connectivity index is 3.05. The highest BCUT2D eigenvalue weighted by Gasteiger charge is 1.77. The Hall–Kier alpha value is -0.640. The van der Waals surface area contributed by atoms with Gasteiger partial charge in [-0.05, 0) is 0 Å². The van der Waals surface area contributed by atoms with Gasteiger partial charge in [0.15, 0.2) is 0 Å². The second-order valence-electron chi connectivity index (χ2n) is 0.626. The van der Waals surface area contributed by atoms with Gasteiger partial charge in [0.05, 0.1) is 5.49 Å². The van der Waals surface area contributed by atoms with E-state index in [0.717, 1.165) is 5.49 Å². The molecule has 0 aliphatic heterocycles. The maximum absolute atomic E-state index is 9.61. The molecule has 0 aromatic carbocycles. The minimum atomic E-state index is -0.620. The number of carbonyl (C=O) groups excluding carboxylic acids is 1. The van der Waals surface area contributed by atoms with Crippen LogP contribution in [0.3, 0.4) is 0 Å². The smallest absolute Gasteiger partial charge is 0.316 e. The molecule has 0 saturated carbocycles. The summed E-state index contributed by atoms with van der Waals surface area (Å²) in [4.78, 5) is 9.61. The van der Waals surface area contributed by atoms with Gasteiger partial charge >= 0.3 is 6.03 Å². The van der Waals surface area contributed by atoms with Crippen molar-refractivity contribution in [3.63, 3.8) is 0 Å². The number of urea groups is 1. The Bertz CT molecular complexity index is 71.9. The van der Waals surface area contributed by atoms with E-state index < -0.39 is 6.03 Å². The standard InChI is InChI=1S/C2H4N2OS/c3-2(5)4-1-6/h1H,(H3,3,4,5,6). The maximum atomic E-state index is 9.61. The molecule has 0 aliphatic rings. The van der Waals surface area contributed by atoms with Gasteiger partial charge < -0.3 is 11.1 Å². The number of thiocarbonyl (C=S) groups is 1. The van der Waals surface area contributed by atoms with E-state index in [4.69, 9.17) is 0 Å². The van der Waals surface area contributed by atoms with Crippen LogP contribution in [0, 0.1) is 0 Å². The van der Waals surface area contributed by atoms with Crippen molar-refractivity contribution in [3.05, 3.63) is 0 Å². The molecule has 0 saturated heterocycles. The zero-order valence-electron chi connectivity index (χ0n) is 2.97. The zero-order valence-corrected chi connectivity index (χ0v) is 3.79. The molecule has 6 heavy (non-hydrogen) atoms. The van der Waals surface area contributed by atoms with E-state index in [-0.39, 0.29) is 0 Å². The number of primary amides is 1. The van der Waals surface area contributed by atoms with Crippen molar-refractivity contribution >= 4 is 23.7 Å². The fraction of sp³-hybridized carbons (Fsp3) is 0. The highest BCUT2D eigenvalue weighted by Crippen LogP contribution is 1.45. The predicted molar refractivity (Wildman–Crippen MR) is 26.4 cm³/mol. The summed E-state index contributed by atoms with van der Waals surface area (Å²) in [5, 5.41) is 2.04. The fourth-order valence-corrected chi connectivity index (χ4v) is 0.174. The minimum absolute atomic E-state index is 0.620. The van der Waals surface area contributed by atoms with Crippen LogP contribution >= 0.6 is 12.2 Å². The van der Waals surface area contributed by atoms with Gasteiger partial charge in [0.25, 0.3) is 0 Å². The molecule has 0 aromatic heterocycles. The zero-order chi connectivity index (χ0) is 4.99. The van der Waals surface area contributed by atoms with Crippen LogP contribution in [0.5, 0.6) is 0 Å². The van der Waals surface area contributed by atoms with Crippen molar-refractivity contribution in [1.29, 1.82) is 0 Å². The molecule has 34 valence electrons. The Morgan fingerprint density at radius 1 is 2.00 bits per heavy atom. The van der Waals surface area contributed by atoms with Crippen LogP contribution in [0.15, 0.2) is 0 Å². The Kier molecular flexibility index (Phi) is 2.31. The molecule has 4 heteroatoms. The van der Waals surface area contributed by atoms with Crippen molar-refractivity contribution in [2.24, 2.45) is 5.73 Å². The molecule has 0 spiro atoms. The lowest BCUT2D eigenvalue weighted by Crippen LogP contribution is -2.26. The molecule has 0 fully saturated rings. The summed E-state index contributed by atoms with van der Waals surface area (Å²) in [7, 11) is 0. The van der Waals surface area contributed by atoms with Crippen LogP contribution in [0.1, 0.15) is 0 Å². The third kappa shape index (κ3) is 3.36. The third-order valence-corrected chi connectivity index (χ3v) is 0.319. The molecule has 0 heterocycles. The molecular weight excluding hydrogens is 100 g/mol. The molecule has 0 aliphatic carbocycles. The van der Waals surface area contributed by atoms with E-state index in [1.54, 1.807) is 0 Å². The van der Waals surface area contributed by atoms with Gasteiger partial charge in [0.1, 0.15) is 0 Å². The van der Waals surface area contributed by atoms with Crippen LogP contribution in [0.25, 0.3) is 0 Å². The minimum Gasteiger partial charge on any atom is -0.351 e. The van der Waals surface area contributed by atoms with Gasteiger partial charge in [0.2, 0.25) is 0 Å². The average Bonchev–Trinajstić information content (AvgIpc) is 1.35. The lowest BCUT2D eigenvalue weighted by molar-refractivity contribution is 0.253. The van der Waals surface area contributed by atoms with Crippen molar-refractivity contribution in [1.82, 2.24) is 5.32 Å². The van der Waals surface area contributed by atoms with Crippen LogP contribution in [0.2, 0.25) is 0 Å². The third-order valence-electron chi connectivity index (χ3n) is 0.201. The number of amides is 2. The first kappa shape index (κ1) is 5.36. The van der Waals surface area contributed by atoms with Crippen LogP contribution in [-0.4, -0.2) is 11.5 Å². The second kappa shape index (κ2) is 2.59. The molecule has 0 aromatic rings. The molecule has 0 unspecified atom stereocenters. The molecule has 0 bridgehead atoms. The molecule has 0 rings (SSSR count). The molecule has 3 nitrogen and oxygen atoms in total. The van der Waals surface area contributed by atoms with E-state index in [1.807, 2.05) is 5.32 Å². The van der Waals surface area contributed by atoms with Crippen LogP contribution in [-0.2, 0) is 0 Å². The van der Waals surface area contributed by atoms with Crippen molar-refractivity contribution in [3.8, 4) is 0 Å². The Morgan fingerprint density at radius 3 is 2.50 bits per heavy atom. The lowest BCUT2D eigenvalue weighted by Gasteiger charge is -1.81. The number of nitrogens with two attached hydrogens (primary N) is 1. The fourth-order valence-electron chi connectivity index (χ4n) is 0.0581. The summed E-state index contributed by atoms with van der Waals surface area (Å²) in [6.45, 7) is 0. The summed E-state index contributed by atoms with van der Waals surface area (Å²) in [5.74, 6) is 0. The van der Waals surface area contributed by atoms with E-state index in [2.05, 4.69) is 18.0 Å². The first-order valence-electron chi connectivity index (χ1n) is 1.27. The first-order valence-corrected chi connectivity index (χ1v) is 1.74. The Labute approximate surface area is 40.5 Å². The average molecular weight is 104 g/mol. The van der Waals surface area contributed by atoms with Gasteiger partial charge in [-0.15, -0.1) is 0 Å². The van der Waals surface area contributed by atoms with Crippen molar-refractivity contribution in [2.45, 2.75) is 0 Å². The van der Waals surface area contributed by atoms with E-state index in [9.17, 15) is 4.79 Å². The van der Waals surface area contributed by atoms with Crippen molar-refractivity contribution < 1.29 is 4.79 Å². The van der Waals surface area contributed by atoms with E-state index >= 15 is 0 Å². The SMILES string of the molecule is NC(=O)NC=S. The molecule has 0 atom stereocenters. The first-order chi connectivity index (χ1) is 2.77. The lowest BCUT2D eigenvalue weighted by atomic mass is 11.0. The van der Waals surface area contributed by atoms with Gasteiger partial charge in [-0.1, -0.05) is 12.2 Å². The summed E-state index contributed by atoms with van der Waals surface area (Å²) in [5.41, 5.74) is 5.61. The van der Waals surface area contributed by atoms with Gasteiger partial charge in [-0.25, -0.2) is 4.79 Å². The number of rotatable bonds is 1. The maximum Gasteiger partial charge on any atom is 0.316 e. The van der Waals surface area contributed by atoms with Gasteiger partial charge in [-0.2, -0.15) is 0 Å². The number of hydrogen-bond donors (Lipinski definition) is 2. The summed E-state index contributed by atoms with van der Waals surface area (Å²) >= 11 is 4.19. The van der Waals surface area contributed by atoms with Crippen LogP contribution < -0.4 is 11.1 Å². The number of carbonyl (C=O) groups is 1. The summed E-state index contributed by atoms with van der Waals surface area (Å²) in [6, 6.07) is -0.620. The van der Waals surface area contributed by atoms with Crippen molar-refractivity contribution in [2.75, 3.05) is 0 Å². The van der Waals surface area contributed by atoms with Crippen LogP contribution in [0.4, 0.5) is 4.79 Å². The van der Waals surface area contributed by atoms with Gasteiger partial charge in [-0.3, -0.25) is 0 Å². The predicted octanol–water partition coefficient (Wildman–Crippen LogP) is -0.388. The highest BCUT2D eigenvalue weighted by atomic mass is 32.1. The topological polar surface area (TPSA) is 55.1 Å². The highest BCUT2D eigenvalue weighted by molar-refractivity contribution is 7.78. The van der Waals surface area contributed by atoms with Gasteiger partial charge in [0, 0.05) is 0 Å². The quantitative estimate of drug-likeness (QED) is 0.445. The summed E-state index contributed by atoms with van der Waals surface area (Å²) < 4.78 is 0. The molecule has 2 amide bonds. The molecular formula is C2H4N2OS. The molecule has 0 radical (unpaired) electrons. The normalized spacial score (nSPS) is 6.67. The second-order valence-corrected chi connectivity index (χ2v) is 0.862.